The van der Waals surface area contributed by atoms with Gasteiger partial charge in [0.2, 0.25) is 0 Å². The number of rotatable bonds is 9. The molecular formula is C23H22FNO5S. The second-order valence-electron chi connectivity index (χ2n) is 6.67. The van der Waals surface area contributed by atoms with Crippen LogP contribution in [0.4, 0.5) is 4.39 Å². The Labute approximate surface area is 183 Å². The minimum absolute atomic E-state index is 0.362. The van der Waals surface area contributed by atoms with Crippen molar-refractivity contribution in [3.05, 3.63) is 81.8 Å². The smallest absolute Gasteiger partial charge is 0.344 e. The first-order valence-electron chi connectivity index (χ1n) is 9.47. The number of carbonyl (C=O) groups is 2. The van der Waals surface area contributed by atoms with Crippen LogP contribution in [0.5, 0.6) is 11.5 Å². The minimum atomic E-state index is -0.688. The number of hydrogen-bond donors (Lipinski definition) is 1. The van der Waals surface area contributed by atoms with Crippen LogP contribution in [0.1, 0.15) is 22.0 Å². The number of ether oxygens (including phenoxy) is 3. The molecule has 8 heteroatoms. The molecule has 162 valence electrons. The van der Waals surface area contributed by atoms with Crippen molar-refractivity contribution in [1.82, 2.24) is 5.32 Å². The first-order chi connectivity index (χ1) is 15.0. The van der Waals surface area contributed by atoms with Crippen molar-refractivity contribution in [3.8, 4) is 11.5 Å². The molecular weight excluding hydrogens is 421 g/mol. The van der Waals surface area contributed by atoms with Crippen LogP contribution in [0.15, 0.2) is 60.0 Å². The SMILES string of the molecule is COc1cc(C)ccc1OCC(=O)OCC(=O)NC(c1ccc(F)cc1)c1cccs1. The minimum Gasteiger partial charge on any atom is -0.493 e. The molecule has 1 atom stereocenters. The van der Waals surface area contributed by atoms with Crippen molar-refractivity contribution in [1.29, 1.82) is 0 Å². The second-order valence-corrected chi connectivity index (χ2v) is 7.65. The van der Waals surface area contributed by atoms with Crippen molar-refractivity contribution in [2.45, 2.75) is 13.0 Å². The van der Waals surface area contributed by atoms with Crippen LogP contribution in [0.2, 0.25) is 0 Å². The average molecular weight is 443 g/mol. The molecule has 0 aliphatic carbocycles. The summed E-state index contributed by atoms with van der Waals surface area (Å²) in [5.74, 6) is -0.623. The van der Waals surface area contributed by atoms with E-state index in [9.17, 15) is 14.0 Å². The highest BCUT2D eigenvalue weighted by Gasteiger charge is 2.19. The summed E-state index contributed by atoms with van der Waals surface area (Å²) in [7, 11) is 1.51. The Kier molecular flexibility index (Phi) is 7.61. The molecule has 1 heterocycles. The number of carbonyl (C=O) groups excluding carboxylic acids is 2. The number of aryl methyl sites for hydroxylation is 1. The van der Waals surface area contributed by atoms with Crippen molar-refractivity contribution < 1.29 is 28.2 Å². The van der Waals surface area contributed by atoms with Gasteiger partial charge in [0.25, 0.3) is 5.91 Å². The summed E-state index contributed by atoms with van der Waals surface area (Å²) in [5.41, 5.74) is 1.71. The number of esters is 1. The lowest BCUT2D eigenvalue weighted by Crippen LogP contribution is -2.33. The zero-order chi connectivity index (χ0) is 22.2. The zero-order valence-corrected chi connectivity index (χ0v) is 17.9. The van der Waals surface area contributed by atoms with Crippen LogP contribution in [0.25, 0.3) is 0 Å². The van der Waals surface area contributed by atoms with Crippen molar-refractivity contribution >= 4 is 23.2 Å². The Balaban J connectivity index is 1.54. The molecule has 6 nitrogen and oxygen atoms in total. The van der Waals surface area contributed by atoms with Gasteiger partial charge in [0.15, 0.2) is 24.7 Å². The number of methoxy groups -OCH3 is 1. The number of nitrogens with one attached hydrogen (secondary N) is 1. The lowest BCUT2D eigenvalue weighted by molar-refractivity contribution is -0.150. The number of benzene rings is 2. The van der Waals surface area contributed by atoms with Gasteiger partial charge in [0.1, 0.15) is 5.82 Å². The summed E-state index contributed by atoms with van der Waals surface area (Å²) in [4.78, 5) is 25.3. The van der Waals surface area contributed by atoms with E-state index in [0.29, 0.717) is 11.5 Å². The first-order valence-corrected chi connectivity index (χ1v) is 10.4. The van der Waals surface area contributed by atoms with Gasteiger partial charge in [0, 0.05) is 4.88 Å². The molecule has 1 amide bonds. The van der Waals surface area contributed by atoms with E-state index < -0.39 is 24.5 Å². The third-order valence-electron chi connectivity index (χ3n) is 4.37. The highest BCUT2D eigenvalue weighted by atomic mass is 32.1. The van der Waals surface area contributed by atoms with E-state index in [0.717, 1.165) is 16.0 Å². The highest BCUT2D eigenvalue weighted by molar-refractivity contribution is 7.10. The van der Waals surface area contributed by atoms with E-state index in [-0.39, 0.29) is 12.4 Å². The van der Waals surface area contributed by atoms with Gasteiger partial charge in [0.05, 0.1) is 13.2 Å². The van der Waals surface area contributed by atoms with E-state index in [2.05, 4.69) is 5.32 Å². The van der Waals surface area contributed by atoms with Crippen LogP contribution in [0, 0.1) is 12.7 Å². The van der Waals surface area contributed by atoms with Crippen LogP contribution in [-0.2, 0) is 14.3 Å². The second kappa shape index (κ2) is 10.6. The maximum atomic E-state index is 13.3. The van der Waals surface area contributed by atoms with Gasteiger partial charge in [-0.3, -0.25) is 4.79 Å². The van der Waals surface area contributed by atoms with Gasteiger partial charge >= 0.3 is 5.97 Å². The number of amides is 1. The standard InChI is InChI=1S/C23H22FNO5S/c1-15-5-10-18(19(12-15)28-2)29-14-22(27)30-13-21(26)25-23(20-4-3-11-31-20)16-6-8-17(24)9-7-16/h3-12,23H,13-14H2,1-2H3,(H,25,26). The lowest BCUT2D eigenvalue weighted by Gasteiger charge is -2.18. The van der Waals surface area contributed by atoms with Crippen molar-refractivity contribution in [3.63, 3.8) is 0 Å². The van der Waals surface area contributed by atoms with E-state index in [4.69, 9.17) is 14.2 Å². The lowest BCUT2D eigenvalue weighted by atomic mass is 10.1. The summed E-state index contributed by atoms with van der Waals surface area (Å²) in [5, 5.41) is 4.70. The summed E-state index contributed by atoms with van der Waals surface area (Å²) < 4.78 is 28.9. The fourth-order valence-corrected chi connectivity index (χ4v) is 3.65. The monoisotopic (exact) mass is 443 g/mol. The third-order valence-corrected chi connectivity index (χ3v) is 5.30. The van der Waals surface area contributed by atoms with E-state index in [1.165, 1.54) is 30.6 Å². The van der Waals surface area contributed by atoms with Gasteiger partial charge in [-0.25, -0.2) is 9.18 Å². The Morgan fingerprint density at radius 2 is 1.84 bits per heavy atom. The fraction of sp³-hybridized carbons (Fsp3) is 0.217. The zero-order valence-electron chi connectivity index (χ0n) is 17.1. The highest BCUT2D eigenvalue weighted by Crippen LogP contribution is 2.28. The largest absolute Gasteiger partial charge is 0.493 e. The Hall–Kier alpha value is -3.39. The van der Waals surface area contributed by atoms with Crippen LogP contribution >= 0.6 is 11.3 Å². The summed E-state index contributed by atoms with van der Waals surface area (Å²) in [6.07, 6.45) is 0. The molecule has 3 aromatic rings. The molecule has 0 saturated carbocycles. The molecule has 2 aromatic carbocycles. The molecule has 0 saturated heterocycles. The Bertz CT molecular complexity index is 1020. The quantitative estimate of drug-likeness (QED) is 0.506. The first kappa shape index (κ1) is 22.3. The van der Waals surface area contributed by atoms with Crippen LogP contribution < -0.4 is 14.8 Å². The van der Waals surface area contributed by atoms with E-state index in [1.807, 2.05) is 30.5 Å². The molecule has 1 N–H and O–H groups in total. The van der Waals surface area contributed by atoms with Crippen LogP contribution in [-0.4, -0.2) is 32.2 Å². The van der Waals surface area contributed by atoms with Crippen molar-refractivity contribution in [2.24, 2.45) is 0 Å². The molecule has 0 bridgehead atoms. The summed E-state index contributed by atoms with van der Waals surface area (Å²) in [6, 6.07) is 14.4. The predicted octanol–water partition coefficient (Wildman–Crippen LogP) is 4.03. The van der Waals surface area contributed by atoms with Gasteiger partial charge in [-0.2, -0.15) is 0 Å². The predicted molar refractivity (Wildman–Crippen MR) is 115 cm³/mol. The maximum absolute atomic E-state index is 13.3. The fourth-order valence-electron chi connectivity index (χ4n) is 2.85. The molecule has 3 rings (SSSR count). The molecule has 1 aromatic heterocycles. The number of halogens is 1. The molecule has 0 fully saturated rings. The van der Waals surface area contributed by atoms with Crippen LogP contribution in [0.3, 0.4) is 0 Å². The molecule has 0 radical (unpaired) electrons. The van der Waals surface area contributed by atoms with Gasteiger partial charge in [-0.15, -0.1) is 11.3 Å². The van der Waals surface area contributed by atoms with Gasteiger partial charge in [-0.05, 0) is 53.8 Å². The summed E-state index contributed by atoms with van der Waals surface area (Å²) in [6.45, 7) is 1.09. The Morgan fingerprint density at radius 1 is 1.06 bits per heavy atom. The molecule has 31 heavy (non-hydrogen) atoms. The third kappa shape index (κ3) is 6.29. The van der Waals surface area contributed by atoms with Gasteiger partial charge < -0.3 is 19.5 Å². The summed E-state index contributed by atoms with van der Waals surface area (Å²) >= 11 is 1.46. The normalized spacial score (nSPS) is 11.5. The maximum Gasteiger partial charge on any atom is 0.344 e. The topological polar surface area (TPSA) is 73.9 Å². The molecule has 0 aliphatic heterocycles. The van der Waals surface area contributed by atoms with E-state index in [1.54, 1.807) is 24.3 Å². The Morgan fingerprint density at radius 3 is 2.52 bits per heavy atom. The van der Waals surface area contributed by atoms with E-state index >= 15 is 0 Å². The van der Waals surface area contributed by atoms with Gasteiger partial charge in [-0.1, -0.05) is 24.3 Å². The number of thiophene rings is 1. The molecule has 1 unspecified atom stereocenters. The molecule has 0 spiro atoms. The molecule has 0 aliphatic rings. The van der Waals surface area contributed by atoms with Crippen molar-refractivity contribution in [2.75, 3.05) is 20.3 Å². The number of hydrogen-bond acceptors (Lipinski definition) is 6. The average Bonchev–Trinajstić information content (AvgIpc) is 3.30.